The van der Waals surface area contributed by atoms with Gasteiger partial charge in [0, 0.05) is 11.4 Å². The lowest BCUT2D eigenvalue weighted by Gasteiger charge is -2.31. The van der Waals surface area contributed by atoms with Crippen LogP contribution in [-0.4, -0.2) is 17.1 Å². The topological polar surface area (TPSA) is 54.0 Å². The maximum absolute atomic E-state index is 11.9. The zero-order chi connectivity index (χ0) is 13.0. The van der Waals surface area contributed by atoms with E-state index in [1.165, 1.54) is 30.6 Å². The van der Waals surface area contributed by atoms with E-state index < -0.39 is 0 Å². The predicted octanol–water partition coefficient (Wildman–Crippen LogP) is 3.54. The Hall–Kier alpha value is -1.10. The molecular weight excluding hydrogens is 246 g/mol. The van der Waals surface area contributed by atoms with Crippen molar-refractivity contribution in [1.82, 2.24) is 10.3 Å². The number of rotatable bonds is 3. The van der Waals surface area contributed by atoms with E-state index in [1.807, 2.05) is 12.3 Å². The zero-order valence-corrected chi connectivity index (χ0v) is 11.8. The Balaban J connectivity index is 1.86. The maximum Gasteiger partial charge on any atom is 0.321 e. The van der Waals surface area contributed by atoms with E-state index in [2.05, 4.69) is 22.5 Å². The van der Waals surface area contributed by atoms with Crippen molar-refractivity contribution in [3.63, 3.8) is 0 Å². The Bertz CT molecular complexity index is 405. The standard InChI is InChI=1S/C13H21N3OS/c1-3-10-6-4-5-7-11(10)15-12(17)16-13-14-9(2)8-18-13/h8,10-11H,3-7H2,1-2H3,(H2,14,15,16,17). The van der Waals surface area contributed by atoms with Crippen molar-refractivity contribution in [2.24, 2.45) is 5.92 Å². The lowest BCUT2D eigenvalue weighted by atomic mass is 9.83. The molecule has 1 aromatic rings. The third-order valence-corrected chi connectivity index (χ3v) is 4.46. The van der Waals surface area contributed by atoms with Crippen LogP contribution < -0.4 is 10.6 Å². The summed E-state index contributed by atoms with van der Waals surface area (Å²) in [6.45, 7) is 4.13. The smallest absolute Gasteiger partial charge is 0.321 e. The van der Waals surface area contributed by atoms with Gasteiger partial charge < -0.3 is 5.32 Å². The van der Waals surface area contributed by atoms with Crippen LogP contribution in [0.25, 0.3) is 0 Å². The highest BCUT2D eigenvalue weighted by molar-refractivity contribution is 7.13. The summed E-state index contributed by atoms with van der Waals surface area (Å²) in [5.74, 6) is 0.627. The summed E-state index contributed by atoms with van der Waals surface area (Å²) in [6, 6.07) is 0.208. The number of carbonyl (C=O) groups excluding carboxylic acids is 1. The fourth-order valence-electron chi connectivity index (χ4n) is 2.60. The Kier molecular flexibility index (Phi) is 4.58. The number of aromatic nitrogens is 1. The zero-order valence-electron chi connectivity index (χ0n) is 11.0. The van der Waals surface area contributed by atoms with Crippen molar-refractivity contribution in [3.05, 3.63) is 11.1 Å². The second kappa shape index (κ2) is 6.18. The molecule has 0 aliphatic heterocycles. The molecule has 2 atom stereocenters. The second-order valence-electron chi connectivity index (χ2n) is 4.95. The summed E-state index contributed by atoms with van der Waals surface area (Å²) in [5.41, 5.74) is 0.944. The SMILES string of the molecule is CCC1CCCCC1NC(=O)Nc1nc(C)cs1. The largest absolute Gasteiger partial charge is 0.335 e. The molecule has 1 aliphatic carbocycles. The monoisotopic (exact) mass is 267 g/mol. The van der Waals surface area contributed by atoms with Gasteiger partial charge in [0.1, 0.15) is 0 Å². The highest BCUT2D eigenvalue weighted by atomic mass is 32.1. The van der Waals surface area contributed by atoms with E-state index in [4.69, 9.17) is 0 Å². The number of urea groups is 1. The van der Waals surface area contributed by atoms with Crippen LogP contribution in [-0.2, 0) is 0 Å². The summed E-state index contributed by atoms with van der Waals surface area (Å²) in [5, 5.41) is 8.52. The summed E-state index contributed by atoms with van der Waals surface area (Å²) < 4.78 is 0. The fraction of sp³-hybridized carbons (Fsp3) is 0.692. The van der Waals surface area contributed by atoms with Crippen LogP contribution in [0.2, 0.25) is 0 Å². The normalized spacial score (nSPS) is 23.7. The third kappa shape index (κ3) is 3.45. The molecule has 5 heteroatoms. The molecule has 1 heterocycles. The van der Waals surface area contributed by atoms with Crippen LogP contribution in [0.4, 0.5) is 9.93 Å². The molecule has 2 N–H and O–H groups in total. The first-order valence-electron chi connectivity index (χ1n) is 6.68. The molecule has 4 nitrogen and oxygen atoms in total. The number of hydrogen-bond donors (Lipinski definition) is 2. The minimum absolute atomic E-state index is 0.116. The van der Waals surface area contributed by atoms with Gasteiger partial charge in [0.25, 0.3) is 0 Å². The Morgan fingerprint density at radius 1 is 1.50 bits per heavy atom. The molecule has 1 saturated carbocycles. The van der Waals surface area contributed by atoms with Crippen molar-refractivity contribution in [2.45, 2.75) is 52.0 Å². The predicted molar refractivity (Wildman–Crippen MR) is 75.0 cm³/mol. The fourth-order valence-corrected chi connectivity index (χ4v) is 3.28. The molecule has 1 aromatic heterocycles. The van der Waals surface area contributed by atoms with Gasteiger partial charge in [-0.1, -0.05) is 26.2 Å². The molecule has 0 bridgehead atoms. The van der Waals surface area contributed by atoms with Crippen molar-refractivity contribution < 1.29 is 4.79 Å². The van der Waals surface area contributed by atoms with E-state index in [0.29, 0.717) is 17.1 Å². The molecule has 0 radical (unpaired) electrons. The molecular formula is C13H21N3OS. The quantitative estimate of drug-likeness (QED) is 0.880. The number of anilines is 1. The van der Waals surface area contributed by atoms with Gasteiger partial charge in [-0.3, -0.25) is 5.32 Å². The molecule has 2 amide bonds. The Morgan fingerprint density at radius 3 is 2.94 bits per heavy atom. The van der Waals surface area contributed by atoms with Gasteiger partial charge >= 0.3 is 6.03 Å². The molecule has 100 valence electrons. The molecule has 2 rings (SSSR count). The number of aryl methyl sites for hydroxylation is 1. The van der Waals surface area contributed by atoms with Crippen LogP contribution in [0.3, 0.4) is 0 Å². The number of thiazole rings is 1. The Morgan fingerprint density at radius 2 is 2.28 bits per heavy atom. The van der Waals surface area contributed by atoms with Crippen LogP contribution in [0, 0.1) is 12.8 Å². The van der Waals surface area contributed by atoms with Gasteiger partial charge in [0.15, 0.2) is 5.13 Å². The van der Waals surface area contributed by atoms with Crippen LogP contribution in [0.1, 0.15) is 44.7 Å². The molecule has 2 unspecified atom stereocenters. The summed E-state index contributed by atoms with van der Waals surface area (Å²) in [6.07, 6.45) is 5.99. The lowest BCUT2D eigenvalue weighted by molar-refractivity contribution is 0.226. The van der Waals surface area contributed by atoms with Gasteiger partial charge in [-0.2, -0.15) is 0 Å². The van der Waals surface area contributed by atoms with Gasteiger partial charge in [-0.05, 0) is 25.7 Å². The molecule has 18 heavy (non-hydrogen) atoms. The highest BCUT2D eigenvalue weighted by Gasteiger charge is 2.25. The average Bonchev–Trinajstić information content (AvgIpc) is 2.75. The third-order valence-electron chi connectivity index (χ3n) is 3.59. The van der Waals surface area contributed by atoms with E-state index in [-0.39, 0.29) is 6.03 Å². The number of nitrogens with one attached hydrogen (secondary N) is 2. The molecule has 1 aliphatic rings. The number of nitrogens with zero attached hydrogens (tertiary/aromatic N) is 1. The van der Waals surface area contributed by atoms with Crippen molar-refractivity contribution in [1.29, 1.82) is 0 Å². The number of amides is 2. The summed E-state index contributed by atoms with van der Waals surface area (Å²) in [7, 11) is 0. The minimum Gasteiger partial charge on any atom is -0.335 e. The lowest BCUT2D eigenvalue weighted by Crippen LogP contribution is -2.43. The Labute approximate surface area is 112 Å². The number of carbonyl (C=O) groups is 1. The molecule has 1 fully saturated rings. The first-order valence-corrected chi connectivity index (χ1v) is 7.56. The average molecular weight is 267 g/mol. The van der Waals surface area contributed by atoms with Gasteiger partial charge in [0.05, 0.1) is 5.69 Å². The molecule has 0 saturated heterocycles. The number of hydrogen-bond acceptors (Lipinski definition) is 3. The van der Waals surface area contributed by atoms with Crippen molar-refractivity contribution in [3.8, 4) is 0 Å². The van der Waals surface area contributed by atoms with E-state index >= 15 is 0 Å². The van der Waals surface area contributed by atoms with Gasteiger partial charge in [-0.25, -0.2) is 9.78 Å². The van der Waals surface area contributed by atoms with Crippen LogP contribution in [0.15, 0.2) is 5.38 Å². The van der Waals surface area contributed by atoms with Crippen molar-refractivity contribution >= 4 is 22.5 Å². The maximum atomic E-state index is 11.9. The first kappa shape index (κ1) is 13.3. The summed E-state index contributed by atoms with van der Waals surface area (Å²) in [4.78, 5) is 16.1. The molecule has 0 spiro atoms. The van der Waals surface area contributed by atoms with Crippen LogP contribution >= 0.6 is 11.3 Å². The van der Waals surface area contributed by atoms with E-state index in [0.717, 1.165) is 18.5 Å². The van der Waals surface area contributed by atoms with E-state index in [9.17, 15) is 4.79 Å². The highest BCUT2D eigenvalue weighted by Crippen LogP contribution is 2.26. The second-order valence-corrected chi connectivity index (χ2v) is 5.81. The first-order chi connectivity index (χ1) is 8.69. The molecule has 0 aromatic carbocycles. The van der Waals surface area contributed by atoms with Gasteiger partial charge in [-0.15, -0.1) is 11.3 Å². The van der Waals surface area contributed by atoms with E-state index in [1.54, 1.807) is 0 Å². The van der Waals surface area contributed by atoms with Crippen molar-refractivity contribution in [2.75, 3.05) is 5.32 Å². The van der Waals surface area contributed by atoms with Gasteiger partial charge in [0.2, 0.25) is 0 Å². The van der Waals surface area contributed by atoms with Crippen LogP contribution in [0.5, 0.6) is 0 Å². The summed E-state index contributed by atoms with van der Waals surface area (Å²) >= 11 is 1.46. The minimum atomic E-state index is -0.116.